The lowest BCUT2D eigenvalue weighted by Crippen LogP contribution is -2.51. The highest BCUT2D eigenvalue weighted by Gasteiger charge is 2.44. The van der Waals surface area contributed by atoms with E-state index in [0.29, 0.717) is 6.04 Å². The van der Waals surface area contributed by atoms with Crippen molar-refractivity contribution in [1.29, 1.82) is 0 Å². The van der Waals surface area contributed by atoms with Crippen LogP contribution in [-0.4, -0.2) is 35.5 Å². The van der Waals surface area contributed by atoms with E-state index in [1.165, 1.54) is 0 Å². The number of carbonyl (C=O) groups is 1. The van der Waals surface area contributed by atoms with Crippen LogP contribution in [0.1, 0.15) is 33.1 Å². The SMILES string of the molecule is CC1CN(C2CCC(N)(C(N)=O)C2)CC1C. The largest absolute Gasteiger partial charge is 0.368 e. The van der Waals surface area contributed by atoms with Gasteiger partial charge in [-0.1, -0.05) is 13.8 Å². The number of nitrogens with zero attached hydrogens (tertiary/aromatic N) is 1. The molecule has 0 bridgehead atoms. The summed E-state index contributed by atoms with van der Waals surface area (Å²) in [6, 6.07) is 0.463. The summed E-state index contributed by atoms with van der Waals surface area (Å²) in [6.07, 6.45) is 2.49. The molecule has 4 unspecified atom stereocenters. The van der Waals surface area contributed by atoms with Crippen molar-refractivity contribution in [2.45, 2.75) is 44.7 Å². The molecule has 1 heterocycles. The number of amides is 1. The molecule has 4 N–H and O–H groups in total. The van der Waals surface area contributed by atoms with Gasteiger partial charge in [0.05, 0.1) is 5.54 Å². The van der Waals surface area contributed by atoms with E-state index in [4.69, 9.17) is 11.5 Å². The van der Waals surface area contributed by atoms with Crippen molar-refractivity contribution < 1.29 is 4.79 Å². The first-order chi connectivity index (χ1) is 7.42. The Kier molecular flexibility index (Phi) is 2.97. The van der Waals surface area contributed by atoms with Crippen LogP contribution in [0.5, 0.6) is 0 Å². The van der Waals surface area contributed by atoms with Gasteiger partial charge in [-0.3, -0.25) is 9.69 Å². The van der Waals surface area contributed by atoms with Crippen LogP contribution < -0.4 is 11.5 Å². The van der Waals surface area contributed by atoms with Gasteiger partial charge in [0, 0.05) is 19.1 Å². The zero-order chi connectivity index (χ0) is 11.9. The van der Waals surface area contributed by atoms with Gasteiger partial charge in [0.25, 0.3) is 0 Å². The second-order valence-electron chi connectivity index (χ2n) is 5.83. The number of likely N-dealkylation sites (tertiary alicyclic amines) is 1. The van der Waals surface area contributed by atoms with Crippen LogP contribution in [0.2, 0.25) is 0 Å². The Morgan fingerprint density at radius 2 is 1.88 bits per heavy atom. The smallest absolute Gasteiger partial charge is 0.237 e. The molecule has 0 radical (unpaired) electrons. The van der Waals surface area contributed by atoms with E-state index >= 15 is 0 Å². The molecule has 4 nitrogen and oxygen atoms in total. The molecular formula is C12H23N3O. The maximum absolute atomic E-state index is 11.3. The van der Waals surface area contributed by atoms with E-state index in [2.05, 4.69) is 18.7 Å². The molecule has 4 heteroatoms. The standard InChI is InChI=1S/C12H23N3O/c1-8-6-15(7-9(8)2)10-3-4-12(14,5-10)11(13)16/h8-10H,3-7,14H2,1-2H3,(H2,13,16). The third-order valence-electron chi connectivity index (χ3n) is 4.55. The number of nitrogens with two attached hydrogens (primary N) is 2. The van der Waals surface area contributed by atoms with Gasteiger partial charge >= 0.3 is 0 Å². The van der Waals surface area contributed by atoms with Gasteiger partial charge in [0.2, 0.25) is 5.91 Å². The summed E-state index contributed by atoms with van der Waals surface area (Å²) in [7, 11) is 0. The van der Waals surface area contributed by atoms with Gasteiger partial charge in [0.1, 0.15) is 0 Å². The first-order valence-electron chi connectivity index (χ1n) is 6.25. The van der Waals surface area contributed by atoms with Gasteiger partial charge in [-0.25, -0.2) is 0 Å². The van der Waals surface area contributed by atoms with Crippen LogP contribution in [0.25, 0.3) is 0 Å². The molecule has 1 saturated carbocycles. The fraction of sp³-hybridized carbons (Fsp3) is 0.917. The van der Waals surface area contributed by atoms with Crippen molar-refractivity contribution >= 4 is 5.91 Å². The summed E-state index contributed by atoms with van der Waals surface area (Å²) in [4.78, 5) is 13.8. The second-order valence-corrected chi connectivity index (χ2v) is 5.83. The van der Waals surface area contributed by atoms with Crippen molar-refractivity contribution in [1.82, 2.24) is 4.90 Å². The maximum Gasteiger partial charge on any atom is 0.237 e. The average Bonchev–Trinajstić information content (AvgIpc) is 2.73. The summed E-state index contributed by atoms with van der Waals surface area (Å²) in [5, 5.41) is 0. The summed E-state index contributed by atoms with van der Waals surface area (Å²) in [5.41, 5.74) is 10.6. The van der Waals surface area contributed by atoms with E-state index in [-0.39, 0.29) is 5.91 Å². The molecule has 0 aromatic carbocycles. The average molecular weight is 225 g/mol. The lowest BCUT2D eigenvalue weighted by molar-refractivity contribution is -0.123. The Labute approximate surface area is 97.3 Å². The molecular weight excluding hydrogens is 202 g/mol. The number of primary amides is 1. The molecule has 4 atom stereocenters. The Morgan fingerprint density at radius 3 is 2.31 bits per heavy atom. The Morgan fingerprint density at radius 1 is 1.31 bits per heavy atom. The Bertz CT molecular complexity index is 284. The van der Waals surface area contributed by atoms with Crippen LogP contribution >= 0.6 is 0 Å². The number of hydrogen-bond acceptors (Lipinski definition) is 3. The molecule has 16 heavy (non-hydrogen) atoms. The molecule has 0 aromatic heterocycles. The number of carbonyl (C=O) groups excluding carboxylic acids is 1. The van der Waals surface area contributed by atoms with E-state index < -0.39 is 5.54 Å². The van der Waals surface area contributed by atoms with Gasteiger partial charge in [-0.2, -0.15) is 0 Å². The molecule has 0 aromatic rings. The van der Waals surface area contributed by atoms with Crippen molar-refractivity contribution in [2.24, 2.45) is 23.3 Å². The third kappa shape index (κ3) is 1.96. The molecule has 2 rings (SSSR count). The minimum atomic E-state index is -0.750. The van der Waals surface area contributed by atoms with Gasteiger partial charge in [-0.15, -0.1) is 0 Å². The van der Waals surface area contributed by atoms with Crippen LogP contribution in [-0.2, 0) is 4.79 Å². The molecule has 0 spiro atoms. The molecule has 1 saturated heterocycles. The zero-order valence-electron chi connectivity index (χ0n) is 10.3. The topological polar surface area (TPSA) is 72.3 Å². The van der Waals surface area contributed by atoms with Crippen molar-refractivity contribution in [3.05, 3.63) is 0 Å². The number of hydrogen-bond donors (Lipinski definition) is 2. The summed E-state index contributed by atoms with van der Waals surface area (Å²) in [6.45, 7) is 6.87. The van der Waals surface area contributed by atoms with Gasteiger partial charge < -0.3 is 11.5 Å². The normalized spacial score (nSPS) is 45.1. The predicted molar refractivity (Wildman–Crippen MR) is 63.7 cm³/mol. The van der Waals surface area contributed by atoms with E-state index in [1.54, 1.807) is 0 Å². The van der Waals surface area contributed by atoms with Crippen molar-refractivity contribution in [2.75, 3.05) is 13.1 Å². The first-order valence-corrected chi connectivity index (χ1v) is 6.25. The molecule has 2 fully saturated rings. The summed E-state index contributed by atoms with van der Waals surface area (Å²) < 4.78 is 0. The quantitative estimate of drug-likeness (QED) is 0.710. The van der Waals surface area contributed by atoms with Crippen LogP contribution in [0, 0.1) is 11.8 Å². The first kappa shape index (κ1) is 11.9. The summed E-state index contributed by atoms with van der Waals surface area (Å²) >= 11 is 0. The van der Waals surface area contributed by atoms with Crippen LogP contribution in [0.3, 0.4) is 0 Å². The van der Waals surface area contributed by atoms with Gasteiger partial charge in [0.15, 0.2) is 0 Å². The summed E-state index contributed by atoms with van der Waals surface area (Å²) in [5.74, 6) is 1.16. The van der Waals surface area contributed by atoms with Crippen LogP contribution in [0.15, 0.2) is 0 Å². The second kappa shape index (κ2) is 4.00. The molecule has 2 aliphatic rings. The molecule has 1 aliphatic carbocycles. The minimum absolute atomic E-state index is 0.338. The minimum Gasteiger partial charge on any atom is -0.368 e. The lowest BCUT2D eigenvalue weighted by Gasteiger charge is -2.26. The number of rotatable bonds is 2. The fourth-order valence-corrected chi connectivity index (χ4v) is 3.06. The maximum atomic E-state index is 11.3. The van der Waals surface area contributed by atoms with Gasteiger partial charge in [-0.05, 0) is 31.1 Å². The van der Waals surface area contributed by atoms with Crippen LogP contribution in [0.4, 0.5) is 0 Å². The Hall–Kier alpha value is -0.610. The zero-order valence-corrected chi connectivity index (χ0v) is 10.3. The van der Waals surface area contributed by atoms with E-state index in [9.17, 15) is 4.79 Å². The molecule has 1 amide bonds. The lowest BCUT2D eigenvalue weighted by atomic mass is 9.98. The van der Waals surface area contributed by atoms with Crippen molar-refractivity contribution in [3.8, 4) is 0 Å². The van der Waals surface area contributed by atoms with E-state index in [1.807, 2.05) is 0 Å². The van der Waals surface area contributed by atoms with Crippen molar-refractivity contribution in [3.63, 3.8) is 0 Å². The van der Waals surface area contributed by atoms with E-state index in [0.717, 1.165) is 44.2 Å². The predicted octanol–water partition coefficient (Wildman–Crippen LogP) is 0.310. The highest BCUT2D eigenvalue weighted by molar-refractivity contribution is 5.84. The highest BCUT2D eigenvalue weighted by Crippen LogP contribution is 2.35. The third-order valence-corrected chi connectivity index (χ3v) is 4.55. The fourth-order valence-electron chi connectivity index (χ4n) is 3.06. The monoisotopic (exact) mass is 225 g/mol. The molecule has 92 valence electrons. The highest BCUT2D eigenvalue weighted by atomic mass is 16.1. The Balaban J connectivity index is 1.97. The molecule has 1 aliphatic heterocycles.